The van der Waals surface area contributed by atoms with E-state index in [0.717, 1.165) is 22.4 Å². The topological polar surface area (TPSA) is 164 Å². The van der Waals surface area contributed by atoms with Crippen LogP contribution < -0.4 is 27.3 Å². The summed E-state index contributed by atoms with van der Waals surface area (Å²) in [5, 5.41) is 4.87. The van der Waals surface area contributed by atoms with Gasteiger partial charge in [0.2, 0.25) is 5.91 Å². The van der Waals surface area contributed by atoms with Crippen LogP contribution in [0.5, 0.6) is 5.75 Å². The van der Waals surface area contributed by atoms with Gasteiger partial charge < -0.3 is 31.8 Å². The SMILES string of the molecule is CCOc1cc(CC)cc(C(Nc2ccc3c(N)nccc3c2)c2nc(-c3cccc(F)c3C(N)=O)cn2CC(N)=O)c1F. The molecule has 2 heterocycles. The Morgan fingerprint density at radius 3 is 2.57 bits per heavy atom. The Kier molecular flexibility index (Phi) is 8.43. The Hall–Kier alpha value is -5.52. The first-order chi connectivity index (χ1) is 21.1. The predicted octanol–water partition coefficient (Wildman–Crippen LogP) is 4.71. The number of pyridine rings is 1. The van der Waals surface area contributed by atoms with Crippen LogP contribution in [0.1, 0.15) is 47.2 Å². The Bertz CT molecular complexity index is 1890. The molecule has 12 heteroatoms. The maximum atomic E-state index is 16.2. The maximum absolute atomic E-state index is 16.2. The smallest absolute Gasteiger partial charge is 0.252 e. The second-order valence-corrected chi connectivity index (χ2v) is 10.1. The van der Waals surface area contributed by atoms with E-state index in [1.165, 1.54) is 22.9 Å². The van der Waals surface area contributed by atoms with Gasteiger partial charge in [-0.1, -0.05) is 25.1 Å². The first kappa shape index (κ1) is 30.0. The van der Waals surface area contributed by atoms with Gasteiger partial charge in [-0.05, 0) is 60.7 Å². The number of halogens is 2. The number of nitrogens with zero attached hydrogens (tertiary/aromatic N) is 3. The van der Waals surface area contributed by atoms with E-state index in [2.05, 4.69) is 10.3 Å². The summed E-state index contributed by atoms with van der Waals surface area (Å²) in [6, 6.07) is 13.5. The van der Waals surface area contributed by atoms with E-state index in [0.29, 0.717) is 17.9 Å². The monoisotopic (exact) mass is 599 g/mol. The third-order valence-corrected chi connectivity index (χ3v) is 7.18. The van der Waals surface area contributed by atoms with Crippen molar-refractivity contribution in [3.05, 3.63) is 101 Å². The molecule has 5 rings (SSSR count). The number of nitrogens with one attached hydrogen (secondary N) is 1. The summed E-state index contributed by atoms with van der Waals surface area (Å²) < 4.78 is 38.0. The third-order valence-electron chi connectivity index (χ3n) is 7.18. The number of ether oxygens (including phenoxy) is 1. The van der Waals surface area contributed by atoms with Crippen molar-refractivity contribution in [2.75, 3.05) is 17.7 Å². The Morgan fingerprint density at radius 1 is 1.07 bits per heavy atom. The minimum Gasteiger partial charge on any atom is -0.491 e. The van der Waals surface area contributed by atoms with Crippen molar-refractivity contribution in [1.82, 2.24) is 14.5 Å². The second-order valence-electron chi connectivity index (χ2n) is 10.1. The number of nitrogens with two attached hydrogens (primary N) is 3. The van der Waals surface area contributed by atoms with Gasteiger partial charge >= 0.3 is 0 Å². The van der Waals surface area contributed by atoms with Gasteiger partial charge in [0, 0.05) is 34.6 Å². The number of fused-ring (bicyclic) bond motifs is 1. The van der Waals surface area contributed by atoms with Gasteiger partial charge in [-0.2, -0.15) is 0 Å². The van der Waals surface area contributed by atoms with Crippen LogP contribution in [0.2, 0.25) is 0 Å². The summed E-state index contributed by atoms with van der Waals surface area (Å²) in [5.41, 5.74) is 18.6. The van der Waals surface area contributed by atoms with Crippen molar-refractivity contribution in [3.8, 4) is 17.0 Å². The van der Waals surface area contributed by atoms with Crippen molar-refractivity contribution in [3.63, 3.8) is 0 Å². The number of amides is 2. The molecular weight excluding hydrogens is 568 g/mol. The van der Waals surface area contributed by atoms with E-state index in [-0.39, 0.29) is 47.1 Å². The summed E-state index contributed by atoms with van der Waals surface area (Å²) >= 11 is 0. The van der Waals surface area contributed by atoms with Crippen LogP contribution in [0, 0.1) is 11.6 Å². The van der Waals surface area contributed by atoms with E-state index < -0.39 is 29.5 Å². The van der Waals surface area contributed by atoms with Crippen molar-refractivity contribution >= 4 is 34.1 Å². The van der Waals surface area contributed by atoms with Gasteiger partial charge in [0.05, 0.1) is 17.9 Å². The van der Waals surface area contributed by atoms with Crippen LogP contribution in [-0.4, -0.2) is 33.0 Å². The van der Waals surface area contributed by atoms with Crippen LogP contribution in [0.4, 0.5) is 20.3 Å². The van der Waals surface area contributed by atoms with Crippen molar-refractivity contribution in [2.24, 2.45) is 11.5 Å². The average Bonchev–Trinajstić information content (AvgIpc) is 3.39. The number of aromatic nitrogens is 3. The van der Waals surface area contributed by atoms with Crippen molar-refractivity contribution in [1.29, 1.82) is 0 Å². The molecule has 10 nitrogen and oxygen atoms in total. The molecule has 7 N–H and O–H groups in total. The summed E-state index contributed by atoms with van der Waals surface area (Å²) in [4.78, 5) is 33.3. The Morgan fingerprint density at radius 2 is 1.86 bits per heavy atom. The van der Waals surface area contributed by atoms with Crippen LogP contribution in [-0.2, 0) is 17.8 Å². The van der Waals surface area contributed by atoms with Gasteiger partial charge in [0.1, 0.15) is 30.0 Å². The lowest BCUT2D eigenvalue weighted by atomic mass is 9.99. The molecule has 0 bridgehead atoms. The molecule has 226 valence electrons. The molecule has 44 heavy (non-hydrogen) atoms. The molecule has 0 radical (unpaired) electrons. The van der Waals surface area contributed by atoms with Gasteiger partial charge in [0.25, 0.3) is 5.91 Å². The van der Waals surface area contributed by atoms with Gasteiger partial charge in [0.15, 0.2) is 11.6 Å². The number of benzene rings is 3. The van der Waals surface area contributed by atoms with Gasteiger partial charge in [-0.25, -0.2) is 18.7 Å². The number of carbonyl (C=O) groups excluding carboxylic acids is 2. The Balaban J connectivity index is 1.76. The van der Waals surface area contributed by atoms with Crippen LogP contribution in [0.15, 0.2) is 67.0 Å². The van der Waals surface area contributed by atoms with E-state index in [1.54, 1.807) is 43.5 Å². The fraction of sp³-hybridized carbons (Fsp3) is 0.188. The maximum Gasteiger partial charge on any atom is 0.252 e. The number of nitrogen functional groups attached to an aromatic ring is 1. The molecule has 0 saturated heterocycles. The van der Waals surface area contributed by atoms with Crippen molar-refractivity contribution < 1.29 is 23.1 Å². The molecule has 2 amide bonds. The lowest BCUT2D eigenvalue weighted by molar-refractivity contribution is -0.118. The van der Waals surface area contributed by atoms with E-state index in [9.17, 15) is 14.0 Å². The molecule has 1 atom stereocenters. The largest absolute Gasteiger partial charge is 0.491 e. The zero-order chi connectivity index (χ0) is 31.5. The fourth-order valence-corrected chi connectivity index (χ4v) is 5.17. The highest BCUT2D eigenvalue weighted by Crippen LogP contribution is 2.36. The molecular formula is C32H31F2N7O3. The Labute approximate surface area is 251 Å². The number of rotatable bonds is 11. The minimum atomic E-state index is -1.02. The number of hydrogen-bond donors (Lipinski definition) is 4. The molecule has 0 saturated carbocycles. The molecule has 0 aliphatic rings. The molecule has 0 aliphatic carbocycles. The highest BCUT2D eigenvalue weighted by Gasteiger charge is 2.29. The third kappa shape index (κ3) is 5.87. The lowest BCUT2D eigenvalue weighted by Crippen LogP contribution is -2.24. The summed E-state index contributed by atoms with van der Waals surface area (Å²) in [6.07, 6.45) is 3.61. The summed E-state index contributed by atoms with van der Waals surface area (Å²) in [6.45, 7) is 3.58. The van der Waals surface area contributed by atoms with Crippen LogP contribution in [0.3, 0.4) is 0 Å². The first-order valence-corrected chi connectivity index (χ1v) is 13.9. The molecule has 2 aromatic heterocycles. The van der Waals surface area contributed by atoms with Crippen LogP contribution >= 0.6 is 0 Å². The molecule has 0 spiro atoms. The lowest BCUT2D eigenvalue weighted by Gasteiger charge is -2.23. The van der Waals surface area contributed by atoms with E-state index in [1.807, 2.05) is 13.0 Å². The second kappa shape index (κ2) is 12.4. The summed E-state index contributed by atoms with van der Waals surface area (Å²) in [7, 11) is 0. The minimum absolute atomic E-state index is 0.0559. The molecule has 3 aromatic carbocycles. The number of aryl methyl sites for hydroxylation is 1. The standard InChI is InChI=1S/C32H31F2N7O3/c1-3-17-12-22(28(34)25(13-17)44-4-2)29(39-19-8-9-20-18(14-19)10-11-38-30(20)36)32-40-24(15-41(32)16-26(35)42)21-6-5-7-23(33)27(21)31(37)43/h5-15,29,39H,3-4,16H2,1-2H3,(H2,35,42)(H2,36,38)(H2,37,43). The number of carbonyl (C=O) groups is 2. The number of imidazole rings is 1. The highest BCUT2D eigenvalue weighted by atomic mass is 19.1. The van der Waals surface area contributed by atoms with Crippen LogP contribution in [0.25, 0.3) is 22.0 Å². The highest BCUT2D eigenvalue weighted by molar-refractivity contribution is 5.99. The quantitative estimate of drug-likeness (QED) is 0.171. The molecule has 5 aromatic rings. The zero-order valence-electron chi connectivity index (χ0n) is 24.1. The number of hydrogen-bond acceptors (Lipinski definition) is 7. The summed E-state index contributed by atoms with van der Waals surface area (Å²) in [5.74, 6) is -2.57. The van der Waals surface area contributed by atoms with E-state index >= 15 is 4.39 Å². The molecule has 1 unspecified atom stereocenters. The molecule has 0 aliphatic heterocycles. The van der Waals surface area contributed by atoms with E-state index in [4.69, 9.17) is 26.9 Å². The van der Waals surface area contributed by atoms with Gasteiger partial charge in [-0.3, -0.25) is 9.59 Å². The van der Waals surface area contributed by atoms with Gasteiger partial charge in [-0.15, -0.1) is 0 Å². The normalized spacial score (nSPS) is 11.8. The predicted molar refractivity (Wildman–Crippen MR) is 164 cm³/mol. The number of primary amides is 2. The first-order valence-electron chi connectivity index (χ1n) is 13.9. The fourth-order valence-electron chi connectivity index (χ4n) is 5.17. The molecule has 0 fully saturated rings. The zero-order valence-corrected chi connectivity index (χ0v) is 24.1. The van der Waals surface area contributed by atoms with Crippen molar-refractivity contribution in [2.45, 2.75) is 32.9 Å². The average molecular weight is 600 g/mol. The number of anilines is 2.